The highest BCUT2D eigenvalue weighted by molar-refractivity contribution is 5.92. The number of nitrogens with one attached hydrogen (secondary N) is 1. The van der Waals surface area contributed by atoms with E-state index in [1.807, 2.05) is 0 Å². The Morgan fingerprint density at radius 3 is 2.54 bits per heavy atom. The number of allylic oxidation sites excluding steroid dienone is 3. The van der Waals surface area contributed by atoms with Crippen molar-refractivity contribution in [1.29, 1.82) is 0 Å². The maximum Gasteiger partial charge on any atom is 0.337 e. The molecule has 0 amide bonds. The van der Waals surface area contributed by atoms with Crippen molar-refractivity contribution in [3.05, 3.63) is 62.1 Å². The summed E-state index contributed by atoms with van der Waals surface area (Å²) in [5, 5.41) is 14.6. The lowest BCUT2D eigenvalue weighted by atomic mass is 9.83. The zero-order valence-corrected chi connectivity index (χ0v) is 15.7. The van der Waals surface area contributed by atoms with E-state index in [0.29, 0.717) is 11.6 Å². The second-order valence-corrected chi connectivity index (χ2v) is 6.89. The van der Waals surface area contributed by atoms with Gasteiger partial charge < -0.3 is 14.8 Å². The summed E-state index contributed by atoms with van der Waals surface area (Å²) in [5.74, 6) is -4.63. The molecule has 7 nitrogen and oxygen atoms in total. The maximum absolute atomic E-state index is 14.3. The van der Waals surface area contributed by atoms with E-state index in [2.05, 4.69) is 5.32 Å². The molecule has 1 fully saturated rings. The standard InChI is InChI=1S/C19H20F2N2O5/c1-9-14(19(24)28-8-11-4-5-11)15(17(23(25)26)10(2)22-9)12-6-7-13(20)16(21)18(12)27-3/h6-7,11,15,22H,4-5,8H2,1-3H3. The van der Waals surface area contributed by atoms with Crippen molar-refractivity contribution in [3.63, 3.8) is 0 Å². The van der Waals surface area contributed by atoms with Crippen molar-refractivity contribution >= 4 is 5.97 Å². The number of ether oxygens (including phenoxy) is 2. The molecule has 1 heterocycles. The van der Waals surface area contributed by atoms with Crippen molar-refractivity contribution in [1.82, 2.24) is 5.32 Å². The Balaban J connectivity index is 2.15. The van der Waals surface area contributed by atoms with Crippen molar-refractivity contribution in [3.8, 4) is 5.75 Å². The molecular formula is C19H20F2N2O5. The molecule has 1 saturated carbocycles. The third-order valence-electron chi connectivity index (χ3n) is 4.88. The molecule has 28 heavy (non-hydrogen) atoms. The lowest BCUT2D eigenvalue weighted by molar-refractivity contribution is -0.431. The fraction of sp³-hybridized carbons (Fsp3) is 0.421. The summed E-state index contributed by atoms with van der Waals surface area (Å²) in [7, 11) is 1.13. The van der Waals surface area contributed by atoms with Crippen LogP contribution in [0, 0.1) is 27.7 Å². The number of halogens is 2. The molecule has 1 N–H and O–H groups in total. The summed E-state index contributed by atoms with van der Waals surface area (Å²) in [6, 6.07) is 2.04. The number of nitrogens with zero attached hydrogens (tertiary/aromatic N) is 1. The topological polar surface area (TPSA) is 90.7 Å². The number of methoxy groups -OCH3 is 1. The molecular weight excluding hydrogens is 374 g/mol. The average molecular weight is 394 g/mol. The quantitative estimate of drug-likeness (QED) is 0.452. The molecule has 0 bridgehead atoms. The van der Waals surface area contributed by atoms with Crippen LogP contribution in [-0.4, -0.2) is 24.6 Å². The highest BCUT2D eigenvalue weighted by Crippen LogP contribution is 2.43. The minimum Gasteiger partial charge on any atom is -0.493 e. The van der Waals surface area contributed by atoms with Crippen molar-refractivity contribution in [2.45, 2.75) is 32.6 Å². The fourth-order valence-electron chi connectivity index (χ4n) is 3.34. The van der Waals surface area contributed by atoms with Crippen LogP contribution in [0.1, 0.15) is 38.2 Å². The third kappa shape index (κ3) is 3.56. The molecule has 2 aliphatic rings. The smallest absolute Gasteiger partial charge is 0.337 e. The SMILES string of the molecule is COc1c(C2C(C(=O)OCC3CC3)=C(C)NC(C)=C2[N+](=O)[O-])ccc(F)c1F. The Bertz CT molecular complexity index is 906. The Hall–Kier alpha value is -2.97. The lowest BCUT2D eigenvalue weighted by Gasteiger charge is -2.27. The van der Waals surface area contributed by atoms with Gasteiger partial charge in [-0.2, -0.15) is 4.39 Å². The van der Waals surface area contributed by atoms with E-state index in [1.54, 1.807) is 6.92 Å². The third-order valence-corrected chi connectivity index (χ3v) is 4.88. The van der Waals surface area contributed by atoms with Crippen molar-refractivity contribution < 1.29 is 28.0 Å². The van der Waals surface area contributed by atoms with Crippen LogP contribution in [0.4, 0.5) is 8.78 Å². The number of carbonyl (C=O) groups is 1. The van der Waals surface area contributed by atoms with Crippen LogP contribution in [0.15, 0.2) is 34.8 Å². The number of rotatable bonds is 6. The van der Waals surface area contributed by atoms with Gasteiger partial charge >= 0.3 is 5.97 Å². The minimum atomic E-state index is -1.28. The van der Waals surface area contributed by atoms with Gasteiger partial charge in [-0.05, 0) is 38.7 Å². The Kier molecular flexibility index (Phi) is 5.35. The summed E-state index contributed by atoms with van der Waals surface area (Å²) >= 11 is 0. The Labute approximate surface area is 160 Å². The summed E-state index contributed by atoms with van der Waals surface area (Å²) < 4.78 is 38.3. The Morgan fingerprint density at radius 1 is 1.29 bits per heavy atom. The first-order valence-corrected chi connectivity index (χ1v) is 8.78. The van der Waals surface area contributed by atoms with Gasteiger partial charge in [0.15, 0.2) is 11.6 Å². The van der Waals surface area contributed by atoms with E-state index in [9.17, 15) is 23.7 Å². The fourth-order valence-corrected chi connectivity index (χ4v) is 3.34. The van der Waals surface area contributed by atoms with E-state index in [1.165, 1.54) is 13.0 Å². The Morgan fingerprint density at radius 2 is 1.96 bits per heavy atom. The predicted molar refractivity (Wildman–Crippen MR) is 94.9 cm³/mol. The molecule has 0 spiro atoms. The first-order chi connectivity index (χ1) is 13.3. The van der Waals surface area contributed by atoms with E-state index in [0.717, 1.165) is 26.0 Å². The molecule has 150 valence electrons. The van der Waals surface area contributed by atoms with Gasteiger partial charge in [0, 0.05) is 11.3 Å². The number of nitro groups is 1. The molecule has 1 aromatic carbocycles. The minimum absolute atomic E-state index is 0.0216. The number of hydrogen-bond acceptors (Lipinski definition) is 6. The molecule has 1 aliphatic heterocycles. The second kappa shape index (κ2) is 7.57. The zero-order valence-electron chi connectivity index (χ0n) is 15.7. The van der Waals surface area contributed by atoms with Gasteiger partial charge in [-0.25, -0.2) is 9.18 Å². The molecule has 1 unspecified atom stereocenters. The van der Waals surface area contributed by atoms with Crippen molar-refractivity contribution in [2.75, 3.05) is 13.7 Å². The first-order valence-electron chi connectivity index (χ1n) is 8.78. The van der Waals surface area contributed by atoms with E-state index in [-0.39, 0.29) is 29.1 Å². The molecule has 9 heteroatoms. The number of hydrogen-bond donors (Lipinski definition) is 1. The first kappa shape index (κ1) is 19.8. The van der Waals surface area contributed by atoms with Crippen LogP contribution in [0.2, 0.25) is 0 Å². The van der Waals surface area contributed by atoms with Gasteiger partial charge in [-0.1, -0.05) is 6.07 Å². The summed E-state index contributed by atoms with van der Waals surface area (Å²) in [4.78, 5) is 23.9. The van der Waals surface area contributed by atoms with Gasteiger partial charge in [0.25, 0.3) is 5.70 Å². The van der Waals surface area contributed by atoms with Gasteiger partial charge in [-0.15, -0.1) is 0 Å². The highest BCUT2D eigenvalue weighted by Gasteiger charge is 2.43. The highest BCUT2D eigenvalue weighted by atomic mass is 19.2. The van der Waals surface area contributed by atoms with Gasteiger partial charge in [0.2, 0.25) is 5.82 Å². The van der Waals surface area contributed by atoms with Crippen molar-refractivity contribution in [2.24, 2.45) is 5.92 Å². The molecule has 1 aromatic rings. The summed E-state index contributed by atoms with van der Waals surface area (Å²) in [6.07, 6.45) is 1.92. The van der Waals surface area contributed by atoms with Crippen LogP contribution in [0.3, 0.4) is 0 Å². The van der Waals surface area contributed by atoms with Crippen LogP contribution in [-0.2, 0) is 9.53 Å². The molecule has 0 radical (unpaired) electrons. The second-order valence-electron chi connectivity index (χ2n) is 6.89. The molecule has 0 saturated heterocycles. The number of benzene rings is 1. The van der Waals surface area contributed by atoms with Gasteiger partial charge in [0.1, 0.15) is 5.92 Å². The summed E-state index contributed by atoms with van der Waals surface area (Å²) in [5.41, 5.74) is 0.140. The zero-order chi connectivity index (χ0) is 20.6. The number of dihydropyridines is 1. The van der Waals surface area contributed by atoms with Gasteiger partial charge in [0.05, 0.1) is 29.9 Å². The lowest BCUT2D eigenvalue weighted by Crippen LogP contribution is -2.32. The predicted octanol–water partition coefficient (Wildman–Crippen LogP) is 3.40. The average Bonchev–Trinajstić information content (AvgIpc) is 3.45. The van der Waals surface area contributed by atoms with Gasteiger partial charge in [-0.3, -0.25) is 10.1 Å². The molecule has 0 aromatic heterocycles. The maximum atomic E-state index is 14.3. The van der Waals surface area contributed by atoms with Crippen LogP contribution >= 0.6 is 0 Å². The van der Waals surface area contributed by atoms with Crippen LogP contribution in [0.25, 0.3) is 0 Å². The molecule has 3 rings (SSSR count). The monoisotopic (exact) mass is 394 g/mol. The van der Waals surface area contributed by atoms with E-state index in [4.69, 9.17) is 9.47 Å². The van der Waals surface area contributed by atoms with E-state index < -0.39 is 34.2 Å². The van der Waals surface area contributed by atoms with E-state index >= 15 is 0 Å². The number of esters is 1. The van der Waals surface area contributed by atoms with Crippen LogP contribution in [0.5, 0.6) is 5.75 Å². The molecule has 1 aliphatic carbocycles. The molecule has 1 atom stereocenters. The largest absolute Gasteiger partial charge is 0.493 e. The normalized spacial score (nSPS) is 19.4. The number of carbonyl (C=O) groups excluding carboxylic acids is 1. The van der Waals surface area contributed by atoms with Crippen LogP contribution < -0.4 is 10.1 Å². The summed E-state index contributed by atoms with van der Waals surface area (Å²) in [6.45, 7) is 3.27.